The molecule has 8 heteroatoms. The minimum atomic E-state index is -0.825. The first-order valence-electron chi connectivity index (χ1n) is 9.17. The Kier molecular flexibility index (Phi) is 6.13. The van der Waals surface area contributed by atoms with Crippen molar-refractivity contribution in [1.82, 2.24) is 14.5 Å². The van der Waals surface area contributed by atoms with Gasteiger partial charge in [0.1, 0.15) is 11.8 Å². The van der Waals surface area contributed by atoms with Crippen molar-refractivity contribution in [3.8, 4) is 11.4 Å². The number of nitrogens with zero attached hydrogens (tertiary/aromatic N) is 2. The Morgan fingerprint density at radius 3 is 2.41 bits per heavy atom. The van der Waals surface area contributed by atoms with Crippen LogP contribution in [0.1, 0.15) is 13.0 Å². The predicted octanol–water partition coefficient (Wildman–Crippen LogP) is 1.48. The maximum absolute atomic E-state index is 13.3. The van der Waals surface area contributed by atoms with Crippen molar-refractivity contribution in [3.05, 3.63) is 69.4 Å². The van der Waals surface area contributed by atoms with Gasteiger partial charge in [-0.1, -0.05) is 12.1 Å². The van der Waals surface area contributed by atoms with Crippen molar-refractivity contribution in [1.29, 1.82) is 0 Å². The summed E-state index contributed by atoms with van der Waals surface area (Å²) in [6, 6.07) is 12.5. The molecule has 29 heavy (non-hydrogen) atoms. The first-order chi connectivity index (χ1) is 14.0. The summed E-state index contributed by atoms with van der Waals surface area (Å²) in [5, 5.41) is 3.08. The van der Waals surface area contributed by atoms with Crippen molar-refractivity contribution < 1.29 is 14.3 Å². The van der Waals surface area contributed by atoms with Gasteiger partial charge in [-0.05, 0) is 43.3 Å². The van der Waals surface area contributed by atoms with Crippen LogP contribution in [0.3, 0.4) is 0 Å². The topological polar surface area (TPSA) is 91.6 Å². The van der Waals surface area contributed by atoms with Crippen LogP contribution >= 0.6 is 0 Å². The highest BCUT2D eigenvalue weighted by molar-refractivity contribution is 5.84. The molecule has 1 amide bonds. The molecule has 152 valence electrons. The fraction of sp³-hybridized carbons (Fsp3) is 0.286. The van der Waals surface area contributed by atoms with E-state index in [9.17, 15) is 14.4 Å². The molecule has 1 atom stereocenters. The second kappa shape index (κ2) is 8.74. The van der Waals surface area contributed by atoms with Gasteiger partial charge in [-0.25, -0.2) is 9.36 Å². The lowest BCUT2D eigenvalue weighted by atomic mass is 10.2. The van der Waals surface area contributed by atoms with E-state index in [1.807, 2.05) is 0 Å². The maximum Gasteiger partial charge on any atom is 0.336 e. The number of fused-ring (bicyclic) bond motifs is 1. The number of hydrogen-bond donors (Lipinski definition) is 1. The van der Waals surface area contributed by atoms with Crippen LogP contribution in [0.15, 0.2) is 58.1 Å². The van der Waals surface area contributed by atoms with Crippen LogP contribution in [-0.4, -0.2) is 42.4 Å². The lowest BCUT2D eigenvalue weighted by molar-refractivity contribution is -0.124. The van der Waals surface area contributed by atoms with Crippen LogP contribution < -0.4 is 21.3 Å². The Morgan fingerprint density at radius 2 is 1.76 bits per heavy atom. The largest absolute Gasteiger partial charge is 0.497 e. The van der Waals surface area contributed by atoms with E-state index >= 15 is 0 Å². The molecule has 3 rings (SSSR count). The summed E-state index contributed by atoms with van der Waals surface area (Å²) in [7, 11) is 3.08. The van der Waals surface area contributed by atoms with Gasteiger partial charge in [0, 0.05) is 13.7 Å². The van der Waals surface area contributed by atoms with Crippen molar-refractivity contribution in [2.75, 3.05) is 27.4 Å². The van der Waals surface area contributed by atoms with Gasteiger partial charge in [-0.3, -0.25) is 14.2 Å². The summed E-state index contributed by atoms with van der Waals surface area (Å²) < 4.78 is 12.5. The molecule has 1 unspecified atom stereocenters. The highest BCUT2D eigenvalue weighted by Crippen LogP contribution is 2.16. The molecule has 3 aromatic rings. The molecule has 0 aliphatic heterocycles. The Bertz CT molecular complexity index is 1130. The second-order valence-electron chi connectivity index (χ2n) is 6.47. The lowest BCUT2D eigenvalue weighted by Gasteiger charge is -2.19. The maximum atomic E-state index is 13.3. The molecule has 0 fully saturated rings. The summed E-state index contributed by atoms with van der Waals surface area (Å²) >= 11 is 0. The number of para-hydroxylation sites is 1. The fourth-order valence-electron chi connectivity index (χ4n) is 3.16. The van der Waals surface area contributed by atoms with Crippen molar-refractivity contribution in [2.24, 2.45) is 0 Å². The van der Waals surface area contributed by atoms with Crippen molar-refractivity contribution >= 4 is 16.8 Å². The smallest absolute Gasteiger partial charge is 0.336 e. The summed E-state index contributed by atoms with van der Waals surface area (Å²) in [5.41, 5.74) is -0.235. The zero-order valence-electron chi connectivity index (χ0n) is 16.5. The molecule has 0 saturated heterocycles. The lowest BCUT2D eigenvalue weighted by Crippen LogP contribution is -2.44. The van der Waals surface area contributed by atoms with Gasteiger partial charge in [-0.2, -0.15) is 0 Å². The predicted molar refractivity (Wildman–Crippen MR) is 110 cm³/mol. The molecule has 1 aromatic heterocycles. The van der Waals surface area contributed by atoms with E-state index in [2.05, 4.69) is 5.32 Å². The molecule has 1 N–H and O–H groups in total. The van der Waals surface area contributed by atoms with Gasteiger partial charge in [0.15, 0.2) is 0 Å². The zero-order valence-corrected chi connectivity index (χ0v) is 16.5. The number of aromatic nitrogens is 2. The van der Waals surface area contributed by atoms with Gasteiger partial charge in [0.25, 0.3) is 5.56 Å². The molecule has 1 heterocycles. The third-order valence-electron chi connectivity index (χ3n) is 4.70. The number of carbonyl (C=O) groups is 1. The minimum Gasteiger partial charge on any atom is -0.497 e. The van der Waals surface area contributed by atoms with E-state index < -0.39 is 17.3 Å². The third-order valence-corrected chi connectivity index (χ3v) is 4.70. The number of benzene rings is 2. The van der Waals surface area contributed by atoms with Crippen LogP contribution in [0.4, 0.5) is 0 Å². The summed E-state index contributed by atoms with van der Waals surface area (Å²) in [5.74, 6) is 0.267. The Balaban J connectivity index is 2.20. The Hall–Kier alpha value is -3.39. The normalized spacial score (nSPS) is 12.0. The number of hydrogen-bond acceptors (Lipinski definition) is 5. The van der Waals surface area contributed by atoms with Crippen molar-refractivity contribution in [3.63, 3.8) is 0 Å². The van der Waals surface area contributed by atoms with Gasteiger partial charge in [0.05, 0.1) is 30.3 Å². The van der Waals surface area contributed by atoms with Gasteiger partial charge >= 0.3 is 5.69 Å². The van der Waals surface area contributed by atoms with E-state index in [0.717, 1.165) is 4.57 Å². The van der Waals surface area contributed by atoms with Crippen LogP contribution in [0, 0.1) is 0 Å². The standard InChI is InChI=1S/C21H23N3O5/c1-14(19(25)22-12-13-28-2)23-18-7-5-4-6-17(18)20(26)24(21(23)27)15-8-10-16(29-3)11-9-15/h4-11,14H,12-13H2,1-3H3,(H,22,25). The van der Waals surface area contributed by atoms with Crippen LogP contribution in [-0.2, 0) is 9.53 Å². The average Bonchev–Trinajstić information content (AvgIpc) is 2.74. The molecular weight excluding hydrogens is 374 g/mol. The summed E-state index contributed by atoms with van der Waals surface area (Å²) in [6.45, 7) is 2.31. The van der Waals surface area contributed by atoms with Gasteiger partial charge < -0.3 is 14.8 Å². The SMILES string of the molecule is COCCNC(=O)C(C)n1c(=O)n(-c2ccc(OC)cc2)c(=O)c2ccccc21. The fourth-order valence-corrected chi connectivity index (χ4v) is 3.16. The van der Waals surface area contributed by atoms with Crippen molar-refractivity contribution in [2.45, 2.75) is 13.0 Å². The number of amides is 1. The van der Waals surface area contributed by atoms with Crippen LogP contribution in [0.2, 0.25) is 0 Å². The van der Waals surface area contributed by atoms with E-state index in [1.165, 1.54) is 11.7 Å². The highest BCUT2D eigenvalue weighted by atomic mass is 16.5. The first-order valence-corrected chi connectivity index (χ1v) is 9.17. The van der Waals surface area contributed by atoms with Crippen LogP contribution in [0.5, 0.6) is 5.75 Å². The molecule has 0 radical (unpaired) electrons. The number of methoxy groups -OCH3 is 2. The summed E-state index contributed by atoms with van der Waals surface area (Å²) in [6.07, 6.45) is 0. The molecular formula is C21H23N3O5. The van der Waals surface area contributed by atoms with Crippen LogP contribution in [0.25, 0.3) is 16.6 Å². The minimum absolute atomic E-state index is 0.324. The molecule has 0 bridgehead atoms. The molecule has 0 aliphatic rings. The Labute approximate surface area is 167 Å². The molecule has 0 spiro atoms. The van der Waals surface area contributed by atoms with E-state index in [-0.39, 0.29) is 5.91 Å². The highest BCUT2D eigenvalue weighted by Gasteiger charge is 2.22. The monoisotopic (exact) mass is 397 g/mol. The van der Waals surface area contributed by atoms with Gasteiger partial charge in [0.2, 0.25) is 5.91 Å². The number of ether oxygens (including phenoxy) is 2. The molecule has 8 nitrogen and oxygen atoms in total. The molecule has 0 saturated carbocycles. The van der Waals surface area contributed by atoms with E-state index in [0.29, 0.717) is 35.5 Å². The quantitative estimate of drug-likeness (QED) is 0.610. The number of carbonyl (C=O) groups excluding carboxylic acids is 1. The second-order valence-corrected chi connectivity index (χ2v) is 6.47. The third kappa shape index (κ3) is 3.93. The van der Waals surface area contributed by atoms with E-state index in [4.69, 9.17) is 9.47 Å². The first kappa shape index (κ1) is 20.3. The zero-order chi connectivity index (χ0) is 21.0. The van der Waals surface area contributed by atoms with E-state index in [1.54, 1.807) is 62.6 Å². The molecule has 0 aliphatic carbocycles. The summed E-state index contributed by atoms with van der Waals surface area (Å²) in [4.78, 5) is 39.0. The Morgan fingerprint density at radius 1 is 1.07 bits per heavy atom. The average molecular weight is 397 g/mol. The van der Waals surface area contributed by atoms with Gasteiger partial charge in [-0.15, -0.1) is 0 Å². The number of rotatable bonds is 7. The molecule has 2 aromatic carbocycles. The number of nitrogens with one attached hydrogen (secondary N) is 1.